The molecule has 0 saturated carbocycles. The van der Waals surface area contributed by atoms with Crippen LogP contribution >= 0.6 is 11.8 Å². The standard InChI is InChI=1S/C8H20N2S/c1-5-11-6-7(10-9)8(2,3)4/h7,10H,5-6,9H2,1-4H3. The maximum absolute atomic E-state index is 5.44. The summed E-state index contributed by atoms with van der Waals surface area (Å²) in [5, 5.41) is 0. The van der Waals surface area contributed by atoms with Gasteiger partial charge in [-0.1, -0.05) is 27.7 Å². The lowest BCUT2D eigenvalue weighted by atomic mass is 9.88. The molecule has 0 aromatic heterocycles. The lowest BCUT2D eigenvalue weighted by molar-refractivity contribution is 0.294. The Morgan fingerprint density at radius 1 is 1.45 bits per heavy atom. The summed E-state index contributed by atoms with van der Waals surface area (Å²) in [5.74, 6) is 7.69. The Kier molecular flexibility index (Phi) is 5.13. The highest BCUT2D eigenvalue weighted by Crippen LogP contribution is 2.21. The normalized spacial score (nSPS) is 15.0. The van der Waals surface area contributed by atoms with Gasteiger partial charge in [-0.25, -0.2) is 0 Å². The molecule has 1 atom stereocenters. The fourth-order valence-corrected chi connectivity index (χ4v) is 1.85. The Hall–Kier alpha value is 0.270. The maximum Gasteiger partial charge on any atom is 0.0349 e. The van der Waals surface area contributed by atoms with Gasteiger partial charge in [0.15, 0.2) is 0 Å². The molecule has 0 spiro atoms. The minimum atomic E-state index is 0.261. The molecule has 3 N–H and O–H groups in total. The summed E-state index contributed by atoms with van der Waals surface area (Å²) in [6, 6.07) is 0.410. The molecule has 0 aromatic carbocycles. The van der Waals surface area contributed by atoms with Crippen LogP contribution in [0.5, 0.6) is 0 Å². The Bertz CT molecular complexity index is 98.8. The number of hydrazine groups is 1. The molecule has 3 heteroatoms. The predicted molar refractivity (Wildman–Crippen MR) is 53.6 cm³/mol. The SMILES string of the molecule is CCSCC(NN)C(C)(C)C. The van der Waals surface area contributed by atoms with Gasteiger partial charge in [-0.2, -0.15) is 11.8 Å². The van der Waals surface area contributed by atoms with Crippen LogP contribution in [-0.2, 0) is 0 Å². The molecule has 0 radical (unpaired) electrons. The first-order valence-electron chi connectivity index (χ1n) is 4.06. The summed E-state index contributed by atoms with van der Waals surface area (Å²) >= 11 is 1.93. The van der Waals surface area contributed by atoms with E-state index in [0.717, 1.165) is 11.5 Å². The molecule has 0 heterocycles. The molecule has 0 aromatic rings. The smallest absolute Gasteiger partial charge is 0.0349 e. The van der Waals surface area contributed by atoms with Crippen molar-refractivity contribution in [3.05, 3.63) is 0 Å². The Morgan fingerprint density at radius 3 is 2.27 bits per heavy atom. The lowest BCUT2D eigenvalue weighted by Gasteiger charge is -2.29. The first-order chi connectivity index (χ1) is 5.02. The van der Waals surface area contributed by atoms with Gasteiger partial charge in [0, 0.05) is 11.8 Å². The van der Waals surface area contributed by atoms with Gasteiger partial charge in [0.2, 0.25) is 0 Å². The summed E-state index contributed by atoms with van der Waals surface area (Å²) in [4.78, 5) is 0. The number of nitrogens with one attached hydrogen (secondary N) is 1. The fraction of sp³-hybridized carbons (Fsp3) is 1.00. The highest BCUT2D eigenvalue weighted by atomic mass is 32.2. The molecule has 68 valence electrons. The molecule has 11 heavy (non-hydrogen) atoms. The van der Waals surface area contributed by atoms with Gasteiger partial charge in [0.25, 0.3) is 0 Å². The number of hydrogen-bond donors (Lipinski definition) is 2. The van der Waals surface area contributed by atoms with Crippen molar-refractivity contribution in [2.75, 3.05) is 11.5 Å². The molecule has 0 saturated heterocycles. The average molecular weight is 176 g/mol. The van der Waals surface area contributed by atoms with Crippen molar-refractivity contribution in [2.45, 2.75) is 33.7 Å². The topological polar surface area (TPSA) is 38.0 Å². The largest absolute Gasteiger partial charge is 0.271 e. The Morgan fingerprint density at radius 2 is 2.00 bits per heavy atom. The third kappa shape index (κ3) is 4.67. The van der Waals surface area contributed by atoms with Gasteiger partial charge < -0.3 is 0 Å². The molecule has 0 amide bonds. The first kappa shape index (κ1) is 11.3. The minimum absolute atomic E-state index is 0.261. The monoisotopic (exact) mass is 176 g/mol. The van der Waals surface area contributed by atoms with Crippen LogP contribution in [0.25, 0.3) is 0 Å². The highest BCUT2D eigenvalue weighted by molar-refractivity contribution is 7.99. The van der Waals surface area contributed by atoms with E-state index in [9.17, 15) is 0 Å². The van der Waals surface area contributed by atoms with Gasteiger partial charge in [-0.3, -0.25) is 11.3 Å². The highest BCUT2D eigenvalue weighted by Gasteiger charge is 2.22. The minimum Gasteiger partial charge on any atom is -0.271 e. The average Bonchev–Trinajstić information content (AvgIpc) is 1.87. The summed E-state index contributed by atoms with van der Waals surface area (Å²) in [6.45, 7) is 8.77. The zero-order chi connectivity index (χ0) is 8.91. The zero-order valence-electron chi connectivity index (χ0n) is 7.98. The van der Waals surface area contributed by atoms with Gasteiger partial charge in [0.05, 0.1) is 0 Å². The van der Waals surface area contributed by atoms with Crippen LogP contribution in [0.3, 0.4) is 0 Å². The number of thioether (sulfide) groups is 1. The second kappa shape index (κ2) is 5.01. The van der Waals surface area contributed by atoms with Crippen molar-refractivity contribution < 1.29 is 0 Å². The molecule has 0 rings (SSSR count). The molecule has 0 aliphatic carbocycles. The number of rotatable bonds is 4. The van der Waals surface area contributed by atoms with E-state index >= 15 is 0 Å². The molecular weight excluding hydrogens is 156 g/mol. The number of hydrogen-bond acceptors (Lipinski definition) is 3. The molecule has 0 fully saturated rings. The van der Waals surface area contributed by atoms with E-state index < -0.39 is 0 Å². The van der Waals surface area contributed by atoms with Crippen LogP contribution in [0, 0.1) is 5.41 Å². The van der Waals surface area contributed by atoms with E-state index in [0.29, 0.717) is 6.04 Å². The van der Waals surface area contributed by atoms with Crippen molar-refractivity contribution in [1.82, 2.24) is 5.43 Å². The maximum atomic E-state index is 5.44. The summed E-state index contributed by atoms with van der Waals surface area (Å²) < 4.78 is 0. The van der Waals surface area contributed by atoms with Crippen molar-refractivity contribution in [3.63, 3.8) is 0 Å². The van der Waals surface area contributed by atoms with Crippen LogP contribution < -0.4 is 11.3 Å². The first-order valence-corrected chi connectivity index (χ1v) is 5.21. The second-order valence-corrected chi connectivity index (χ2v) is 5.06. The van der Waals surface area contributed by atoms with E-state index in [-0.39, 0.29) is 5.41 Å². The Labute approximate surface area is 74.3 Å². The molecule has 0 aliphatic rings. The van der Waals surface area contributed by atoms with Crippen LogP contribution in [-0.4, -0.2) is 17.5 Å². The predicted octanol–water partition coefficient (Wildman–Crippen LogP) is 1.62. The molecule has 0 aliphatic heterocycles. The van der Waals surface area contributed by atoms with Gasteiger partial charge in [-0.05, 0) is 11.2 Å². The van der Waals surface area contributed by atoms with Crippen molar-refractivity contribution in [2.24, 2.45) is 11.3 Å². The molecular formula is C8H20N2S. The molecule has 1 unspecified atom stereocenters. The summed E-state index contributed by atoms with van der Waals surface area (Å²) in [5.41, 5.74) is 3.12. The van der Waals surface area contributed by atoms with Crippen LogP contribution in [0.4, 0.5) is 0 Å². The fourth-order valence-electron chi connectivity index (χ4n) is 0.784. The summed E-state index contributed by atoms with van der Waals surface area (Å²) in [7, 11) is 0. The van der Waals surface area contributed by atoms with Gasteiger partial charge in [0.1, 0.15) is 0 Å². The van der Waals surface area contributed by atoms with Gasteiger partial charge >= 0.3 is 0 Å². The third-order valence-electron chi connectivity index (χ3n) is 1.74. The lowest BCUT2D eigenvalue weighted by Crippen LogP contribution is -2.46. The van der Waals surface area contributed by atoms with Crippen molar-refractivity contribution >= 4 is 11.8 Å². The second-order valence-electron chi connectivity index (χ2n) is 3.74. The third-order valence-corrected chi connectivity index (χ3v) is 2.71. The van der Waals surface area contributed by atoms with Crippen LogP contribution in [0.1, 0.15) is 27.7 Å². The van der Waals surface area contributed by atoms with E-state index in [1.165, 1.54) is 0 Å². The summed E-state index contributed by atoms with van der Waals surface area (Å²) in [6.07, 6.45) is 0. The van der Waals surface area contributed by atoms with Gasteiger partial charge in [-0.15, -0.1) is 0 Å². The molecule has 2 nitrogen and oxygen atoms in total. The quantitative estimate of drug-likeness (QED) is 0.505. The van der Waals surface area contributed by atoms with E-state index in [1.807, 2.05) is 11.8 Å². The van der Waals surface area contributed by atoms with Crippen molar-refractivity contribution in [1.29, 1.82) is 0 Å². The molecule has 0 bridgehead atoms. The van der Waals surface area contributed by atoms with E-state index in [2.05, 4.69) is 33.1 Å². The Balaban J connectivity index is 3.76. The van der Waals surface area contributed by atoms with Crippen LogP contribution in [0.2, 0.25) is 0 Å². The zero-order valence-corrected chi connectivity index (χ0v) is 8.79. The van der Waals surface area contributed by atoms with E-state index in [4.69, 9.17) is 5.84 Å². The van der Waals surface area contributed by atoms with Crippen molar-refractivity contribution in [3.8, 4) is 0 Å². The van der Waals surface area contributed by atoms with E-state index in [1.54, 1.807) is 0 Å². The van der Waals surface area contributed by atoms with Crippen LogP contribution in [0.15, 0.2) is 0 Å². The number of nitrogens with two attached hydrogens (primary N) is 1.